The number of nitrogens with zero attached hydrogens (tertiary/aromatic N) is 3. The largest absolute Gasteiger partial charge is 0.335 e. The first kappa shape index (κ1) is 11.6. The molecule has 2 heterocycles. The number of rotatable bonds is 2. The van der Waals surface area contributed by atoms with Gasteiger partial charge in [0, 0.05) is 18.8 Å². The summed E-state index contributed by atoms with van der Waals surface area (Å²) in [5.41, 5.74) is 1.59. The number of aromatic nitrogens is 2. The maximum Gasteiger partial charge on any atom is 0.257 e. The van der Waals surface area contributed by atoms with Crippen LogP contribution in [0.3, 0.4) is 0 Å². The molecule has 0 spiro atoms. The molecule has 2 unspecified atom stereocenters. The maximum absolute atomic E-state index is 12.6. The van der Waals surface area contributed by atoms with Gasteiger partial charge in [0.1, 0.15) is 5.82 Å². The summed E-state index contributed by atoms with van der Waals surface area (Å²) in [6.07, 6.45) is 6.14. The lowest BCUT2D eigenvalue weighted by molar-refractivity contribution is 0.0701. The van der Waals surface area contributed by atoms with Crippen LogP contribution in [0, 0.1) is 12.8 Å². The van der Waals surface area contributed by atoms with E-state index in [1.807, 2.05) is 18.7 Å². The molecular weight excluding hydrogens is 226 g/mol. The fourth-order valence-electron chi connectivity index (χ4n) is 3.29. The Morgan fingerprint density at radius 3 is 2.94 bits per heavy atom. The topological polar surface area (TPSA) is 46.1 Å². The highest BCUT2D eigenvalue weighted by Gasteiger charge is 2.40. The molecule has 2 bridgehead atoms. The second-order valence-corrected chi connectivity index (χ2v) is 5.42. The Morgan fingerprint density at radius 1 is 1.50 bits per heavy atom. The zero-order valence-corrected chi connectivity index (χ0v) is 11.0. The molecule has 1 amide bonds. The van der Waals surface area contributed by atoms with Crippen molar-refractivity contribution in [2.24, 2.45) is 5.92 Å². The lowest BCUT2D eigenvalue weighted by Crippen LogP contribution is -2.38. The molecule has 2 aliphatic rings. The summed E-state index contributed by atoms with van der Waals surface area (Å²) >= 11 is 0. The summed E-state index contributed by atoms with van der Waals surface area (Å²) < 4.78 is 0. The summed E-state index contributed by atoms with van der Waals surface area (Å²) in [7, 11) is 0. The van der Waals surface area contributed by atoms with Gasteiger partial charge in [0.2, 0.25) is 0 Å². The van der Waals surface area contributed by atoms with Crippen molar-refractivity contribution in [1.82, 2.24) is 14.9 Å². The minimum atomic E-state index is 0.138. The van der Waals surface area contributed by atoms with Crippen molar-refractivity contribution in [2.75, 3.05) is 6.54 Å². The molecule has 1 aliphatic carbocycles. The van der Waals surface area contributed by atoms with Crippen LogP contribution in [-0.2, 0) is 6.42 Å². The van der Waals surface area contributed by atoms with Crippen molar-refractivity contribution >= 4 is 5.91 Å². The Bertz CT molecular complexity index is 486. The van der Waals surface area contributed by atoms with Crippen LogP contribution in [0.4, 0.5) is 0 Å². The monoisotopic (exact) mass is 245 g/mol. The first-order valence-electron chi connectivity index (χ1n) is 6.82. The van der Waals surface area contributed by atoms with Gasteiger partial charge < -0.3 is 4.90 Å². The van der Waals surface area contributed by atoms with Crippen molar-refractivity contribution < 1.29 is 4.79 Å². The molecule has 1 saturated carbocycles. The van der Waals surface area contributed by atoms with E-state index in [1.54, 1.807) is 6.20 Å². The predicted octanol–water partition coefficient (Wildman–Crippen LogP) is 1.97. The minimum absolute atomic E-state index is 0.138. The summed E-state index contributed by atoms with van der Waals surface area (Å²) in [6, 6.07) is 0.466. The number of likely N-dealkylation sites (tertiary alicyclic amines) is 1. The minimum Gasteiger partial charge on any atom is -0.335 e. The normalized spacial score (nSPS) is 25.8. The number of carbonyl (C=O) groups is 1. The third-order valence-corrected chi connectivity index (χ3v) is 4.22. The van der Waals surface area contributed by atoms with Crippen LogP contribution < -0.4 is 0 Å². The number of hydrogen-bond donors (Lipinski definition) is 0. The highest BCUT2D eigenvalue weighted by molar-refractivity contribution is 5.95. The Balaban J connectivity index is 1.88. The third-order valence-electron chi connectivity index (χ3n) is 4.22. The molecule has 3 rings (SSSR count). The van der Waals surface area contributed by atoms with Crippen LogP contribution in [0.2, 0.25) is 0 Å². The molecular formula is C14H19N3O. The molecule has 0 radical (unpaired) electrons. The van der Waals surface area contributed by atoms with E-state index in [0.717, 1.165) is 30.4 Å². The van der Waals surface area contributed by atoms with E-state index >= 15 is 0 Å². The fourth-order valence-corrected chi connectivity index (χ4v) is 3.29. The van der Waals surface area contributed by atoms with Gasteiger partial charge in [-0.25, -0.2) is 9.97 Å². The number of hydrogen-bond acceptors (Lipinski definition) is 3. The molecule has 4 heteroatoms. The average molecular weight is 245 g/mol. The second kappa shape index (κ2) is 4.34. The van der Waals surface area contributed by atoms with E-state index in [1.165, 1.54) is 19.3 Å². The van der Waals surface area contributed by atoms with Crippen LogP contribution in [0.5, 0.6) is 0 Å². The number of piperidine rings is 1. The van der Waals surface area contributed by atoms with Crippen LogP contribution in [0.15, 0.2) is 6.20 Å². The average Bonchev–Trinajstić information content (AvgIpc) is 3.00. The summed E-state index contributed by atoms with van der Waals surface area (Å²) in [6.45, 7) is 4.83. The van der Waals surface area contributed by atoms with Crippen LogP contribution in [0.25, 0.3) is 0 Å². The van der Waals surface area contributed by atoms with Gasteiger partial charge in [0.05, 0.1) is 11.3 Å². The Morgan fingerprint density at radius 2 is 2.33 bits per heavy atom. The first-order chi connectivity index (χ1) is 8.69. The van der Waals surface area contributed by atoms with Crippen molar-refractivity contribution in [2.45, 2.75) is 45.6 Å². The van der Waals surface area contributed by atoms with E-state index in [2.05, 4.69) is 9.97 Å². The van der Waals surface area contributed by atoms with Gasteiger partial charge in [-0.1, -0.05) is 6.92 Å². The first-order valence-corrected chi connectivity index (χ1v) is 6.82. The molecule has 1 aromatic heterocycles. The Hall–Kier alpha value is -1.45. The summed E-state index contributed by atoms with van der Waals surface area (Å²) in [4.78, 5) is 23.2. The SMILES string of the molecule is CCc1nc(C)ncc1C(=O)N1CC2CCC1C2. The van der Waals surface area contributed by atoms with E-state index < -0.39 is 0 Å². The van der Waals surface area contributed by atoms with Crippen LogP contribution >= 0.6 is 0 Å². The number of amides is 1. The zero-order chi connectivity index (χ0) is 12.7. The van der Waals surface area contributed by atoms with E-state index in [9.17, 15) is 4.79 Å². The number of fused-ring (bicyclic) bond motifs is 2. The van der Waals surface area contributed by atoms with Gasteiger partial charge in [-0.05, 0) is 38.5 Å². The third kappa shape index (κ3) is 1.80. The highest BCUT2D eigenvalue weighted by atomic mass is 16.2. The van der Waals surface area contributed by atoms with Gasteiger partial charge in [0.15, 0.2) is 0 Å². The van der Waals surface area contributed by atoms with Crippen LogP contribution in [-0.4, -0.2) is 33.4 Å². The molecule has 18 heavy (non-hydrogen) atoms. The molecule has 2 atom stereocenters. The molecule has 1 aliphatic heterocycles. The lowest BCUT2D eigenvalue weighted by atomic mass is 10.1. The van der Waals surface area contributed by atoms with Crippen molar-refractivity contribution in [1.29, 1.82) is 0 Å². The molecule has 0 N–H and O–H groups in total. The lowest BCUT2D eigenvalue weighted by Gasteiger charge is -2.27. The predicted molar refractivity (Wildman–Crippen MR) is 68.3 cm³/mol. The van der Waals surface area contributed by atoms with Crippen LogP contribution in [0.1, 0.15) is 48.1 Å². The van der Waals surface area contributed by atoms with Gasteiger partial charge >= 0.3 is 0 Å². The van der Waals surface area contributed by atoms with Gasteiger partial charge in [-0.3, -0.25) is 4.79 Å². The standard InChI is InChI=1S/C14H19N3O/c1-3-13-12(7-15-9(2)16-13)14(18)17-8-10-4-5-11(17)6-10/h7,10-11H,3-6,8H2,1-2H3. The summed E-state index contributed by atoms with van der Waals surface area (Å²) in [5.74, 6) is 1.61. The summed E-state index contributed by atoms with van der Waals surface area (Å²) in [5, 5.41) is 0. The van der Waals surface area contributed by atoms with Gasteiger partial charge in [-0.15, -0.1) is 0 Å². The van der Waals surface area contributed by atoms with Crippen molar-refractivity contribution in [3.05, 3.63) is 23.3 Å². The van der Waals surface area contributed by atoms with Gasteiger partial charge in [-0.2, -0.15) is 0 Å². The quantitative estimate of drug-likeness (QED) is 0.800. The molecule has 0 aromatic carbocycles. The van der Waals surface area contributed by atoms with Gasteiger partial charge in [0.25, 0.3) is 5.91 Å². The Labute approximate surface area is 107 Å². The van der Waals surface area contributed by atoms with E-state index in [4.69, 9.17) is 0 Å². The number of carbonyl (C=O) groups excluding carboxylic acids is 1. The molecule has 2 fully saturated rings. The smallest absolute Gasteiger partial charge is 0.257 e. The fraction of sp³-hybridized carbons (Fsp3) is 0.643. The number of aryl methyl sites for hydroxylation is 2. The molecule has 1 aromatic rings. The van der Waals surface area contributed by atoms with Crippen molar-refractivity contribution in [3.63, 3.8) is 0 Å². The Kier molecular flexibility index (Phi) is 2.80. The maximum atomic E-state index is 12.6. The molecule has 4 nitrogen and oxygen atoms in total. The molecule has 96 valence electrons. The van der Waals surface area contributed by atoms with E-state index in [-0.39, 0.29) is 5.91 Å². The highest BCUT2D eigenvalue weighted by Crippen LogP contribution is 2.38. The van der Waals surface area contributed by atoms with Crippen molar-refractivity contribution in [3.8, 4) is 0 Å². The molecule has 1 saturated heterocycles. The second-order valence-electron chi connectivity index (χ2n) is 5.42. The zero-order valence-electron chi connectivity index (χ0n) is 11.0. The van der Waals surface area contributed by atoms with E-state index in [0.29, 0.717) is 11.6 Å².